The van der Waals surface area contributed by atoms with Gasteiger partial charge in [0.05, 0.1) is 12.0 Å². The Morgan fingerprint density at radius 3 is 1.57 bits per heavy atom. The Kier molecular flexibility index (Phi) is 11.5. The number of rotatable bonds is 3. The second-order valence-corrected chi connectivity index (χ2v) is 5.81. The number of hydrogen-bond donors (Lipinski definition) is 3. The summed E-state index contributed by atoms with van der Waals surface area (Å²) >= 11 is 0. The molecule has 13 heteroatoms. The van der Waals surface area contributed by atoms with E-state index in [1.165, 1.54) is 0 Å². The third-order valence-corrected chi connectivity index (χ3v) is 3.71. The Hall–Kier alpha value is -2.08. The molecule has 0 aliphatic carbocycles. The zero-order valence-electron chi connectivity index (χ0n) is 14.7. The molecule has 12 nitrogen and oxygen atoms in total. The Balaban J connectivity index is 0.000000384. The largest absolute Gasteiger partial charge is 3.00 e. The van der Waals surface area contributed by atoms with Gasteiger partial charge in [-0.2, -0.15) is 0 Å². The van der Waals surface area contributed by atoms with Crippen LogP contribution in [0.25, 0.3) is 0 Å². The molecule has 0 spiro atoms. The number of nitrogens with zero attached hydrogens (tertiary/aromatic N) is 2. The number of carboxylic acid groups (broad SMARTS) is 3. The molecule has 3 rings (SSSR count). The number of hydrogen-bond acceptors (Lipinski definition) is 9. The molecule has 3 unspecified atom stereocenters. The molecule has 0 aromatic rings. The number of carbonyl (C=O) groups excluding carboxylic acids is 2. The van der Waals surface area contributed by atoms with Crippen LogP contribution in [-0.4, -0.2) is 63.9 Å². The molecular weight excluding hydrogens is 455 g/mol. The molecule has 150 valence electrons. The third kappa shape index (κ3) is 9.22. The molecule has 3 heterocycles. The number of aliphatic carboxylic acids is 3. The second kappa shape index (κ2) is 12.4. The third-order valence-electron chi connectivity index (χ3n) is 3.71. The summed E-state index contributed by atoms with van der Waals surface area (Å²) in [6, 6.07) is -2.28. The SMILES string of the molecule is O=C(O)C1CCC([O-])=N1.O=C([O-])C1CCC([O-])=N1.O=C1CCC(C(=O)O)N1.[Y+3]. The van der Waals surface area contributed by atoms with Crippen LogP contribution in [-0.2, 0) is 51.9 Å². The quantitative estimate of drug-likeness (QED) is 0.364. The van der Waals surface area contributed by atoms with Crippen LogP contribution in [0.1, 0.15) is 38.5 Å². The summed E-state index contributed by atoms with van der Waals surface area (Å²) in [6.07, 6.45) is 1.98. The first kappa shape index (κ1) is 25.9. The van der Waals surface area contributed by atoms with Gasteiger partial charge in [-0.3, -0.25) is 14.8 Å². The molecular formula is C15H18N3O9Y. The van der Waals surface area contributed by atoms with E-state index < -0.39 is 36.0 Å². The number of aliphatic imine (C=N–C) groups is 2. The molecule has 1 amide bonds. The van der Waals surface area contributed by atoms with Crippen molar-refractivity contribution in [2.45, 2.75) is 56.7 Å². The first-order valence-electron chi connectivity index (χ1n) is 8.03. The smallest absolute Gasteiger partial charge is 0.862 e. The first-order valence-corrected chi connectivity index (χ1v) is 8.03. The zero-order chi connectivity index (χ0) is 20.6. The molecule has 0 aromatic carbocycles. The first-order chi connectivity index (χ1) is 12.6. The van der Waals surface area contributed by atoms with Gasteiger partial charge in [0.15, 0.2) is 0 Å². The molecule has 28 heavy (non-hydrogen) atoms. The Morgan fingerprint density at radius 1 is 0.893 bits per heavy atom. The molecule has 3 aliphatic heterocycles. The summed E-state index contributed by atoms with van der Waals surface area (Å²) < 4.78 is 0. The van der Waals surface area contributed by atoms with Crippen LogP contribution in [0.2, 0.25) is 0 Å². The fraction of sp³-hybridized carbons (Fsp3) is 0.600. The zero-order valence-corrected chi connectivity index (χ0v) is 17.5. The molecule has 0 bridgehead atoms. The number of carboxylic acids is 3. The summed E-state index contributed by atoms with van der Waals surface area (Å²) in [6.45, 7) is 0. The predicted molar refractivity (Wildman–Crippen MR) is 82.4 cm³/mol. The Morgan fingerprint density at radius 2 is 1.39 bits per heavy atom. The van der Waals surface area contributed by atoms with Crippen molar-refractivity contribution in [3.8, 4) is 0 Å². The average molecular weight is 473 g/mol. The second-order valence-electron chi connectivity index (χ2n) is 5.81. The molecule has 3 aliphatic rings. The van der Waals surface area contributed by atoms with Gasteiger partial charge < -0.3 is 35.6 Å². The van der Waals surface area contributed by atoms with Crippen molar-refractivity contribution in [3.63, 3.8) is 0 Å². The minimum atomic E-state index is -1.25. The Labute approximate surface area is 184 Å². The molecule has 3 N–H and O–H groups in total. The number of amides is 1. The van der Waals surface area contributed by atoms with Crippen LogP contribution < -0.4 is 20.6 Å². The maximum Gasteiger partial charge on any atom is 3.00 e. The summed E-state index contributed by atoms with van der Waals surface area (Å²) in [5.74, 6) is -3.98. The standard InChI is InChI=1S/3C5H7NO3.Y/c3*7-4-2-1-3(6-4)5(8)9;/h3*3H,1-2H2,(H,6,7)(H,8,9);/q;;;+3/p-3. The number of nitrogens with one attached hydrogen (secondary N) is 1. The van der Waals surface area contributed by atoms with Gasteiger partial charge in [0.25, 0.3) is 0 Å². The van der Waals surface area contributed by atoms with Gasteiger partial charge in [-0.15, -0.1) is 0 Å². The molecule has 0 aromatic heterocycles. The van der Waals surface area contributed by atoms with E-state index in [0.717, 1.165) is 0 Å². The van der Waals surface area contributed by atoms with Crippen molar-refractivity contribution in [2.24, 2.45) is 9.98 Å². The van der Waals surface area contributed by atoms with Crippen LogP contribution >= 0.6 is 0 Å². The van der Waals surface area contributed by atoms with Crippen LogP contribution in [0, 0.1) is 0 Å². The summed E-state index contributed by atoms with van der Waals surface area (Å²) in [4.78, 5) is 47.2. The van der Waals surface area contributed by atoms with Gasteiger partial charge in [0.1, 0.15) is 12.1 Å². The maximum absolute atomic E-state index is 10.4. The minimum Gasteiger partial charge on any atom is -0.862 e. The van der Waals surface area contributed by atoms with Crippen LogP contribution in [0.4, 0.5) is 0 Å². The van der Waals surface area contributed by atoms with E-state index in [0.29, 0.717) is 25.7 Å². The molecule has 0 radical (unpaired) electrons. The van der Waals surface area contributed by atoms with Crippen molar-refractivity contribution in [2.75, 3.05) is 0 Å². The monoisotopic (exact) mass is 473 g/mol. The summed E-state index contributed by atoms with van der Waals surface area (Å²) in [5.41, 5.74) is 0. The average Bonchev–Trinajstić information content (AvgIpc) is 3.30. The van der Waals surface area contributed by atoms with E-state index in [1.807, 2.05) is 0 Å². The molecule has 3 atom stereocenters. The summed E-state index contributed by atoms with van der Waals surface area (Å²) in [5, 5.41) is 49.5. The fourth-order valence-corrected chi connectivity index (χ4v) is 2.27. The number of carbonyl (C=O) groups is 4. The molecule has 1 fully saturated rings. The molecule has 0 saturated carbocycles. The minimum absolute atomic E-state index is 0. The van der Waals surface area contributed by atoms with Crippen LogP contribution in [0.5, 0.6) is 0 Å². The van der Waals surface area contributed by atoms with E-state index in [4.69, 9.17) is 10.2 Å². The van der Waals surface area contributed by atoms with Gasteiger partial charge in [-0.05, 0) is 43.9 Å². The van der Waals surface area contributed by atoms with Gasteiger partial charge in [-0.1, -0.05) is 0 Å². The maximum atomic E-state index is 10.4. The van der Waals surface area contributed by atoms with Crippen molar-refractivity contribution < 1.29 is 77.4 Å². The van der Waals surface area contributed by atoms with Gasteiger partial charge in [0, 0.05) is 6.42 Å². The normalized spacial score (nSPS) is 24.9. The van der Waals surface area contributed by atoms with E-state index in [2.05, 4.69) is 15.3 Å². The van der Waals surface area contributed by atoms with Crippen molar-refractivity contribution in [1.82, 2.24) is 5.32 Å². The van der Waals surface area contributed by atoms with Crippen LogP contribution in [0.15, 0.2) is 9.98 Å². The molecule has 1 saturated heterocycles. The van der Waals surface area contributed by atoms with Gasteiger partial charge in [0.2, 0.25) is 5.91 Å². The predicted octanol–water partition coefficient (Wildman–Crippen LogP) is -4.00. The topological polar surface area (TPSA) is 215 Å². The summed E-state index contributed by atoms with van der Waals surface area (Å²) in [7, 11) is 0. The van der Waals surface area contributed by atoms with Crippen LogP contribution in [0.3, 0.4) is 0 Å². The van der Waals surface area contributed by atoms with Gasteiger partial charge in [-0.25, -0.2) is 9.59 Å². The van der Waals surface area contributed by atoms with E-state index in [-0.39, 0.29) is 63.3 Å². The van der Waals surface area contributed by atoms with E-state index >= 15 is 0 Å². The van der Waals surface area contributed by atoms with E-state index in [1.54, 1.807) is 0 Å². The van der Waals surface area contributed by atoms with Gasteiger partial charge >= 0.3 is 44.6 Å². The van der Waals surface area contributed by atoms with Crippen molar-refractivity contribution >= 4 is 35.6 Å². The van der Waals surface area contributed by atoms with Crippen molar-refractivity contribution in [1.29, 1.82) is 0 Å². The van der Waals surface area contributed by atoms with Crippen molar-refractivity contribution in [3.05, 3.63) is 0 Å². The Bertz CT molecular complexity index is 627. The fourth-order valence-electron chi connectivity index (χ4n) is 2.27. The van der Waals surface area contributed by atoms with E-state index in [9.17, 15) is 34.5 Å².